The zero-order valence-corrected chi connectivity index (χ0v) is 12.1. The summed E-state index contributed by atoms with van der Waals surface area (Å²) in [5, 5.41) is 0. The Bertz CT molecular complexity index is 389. The number of hydrogen-bond donors (Lipinski definition) is 0. The van der Waals surface area contributed by atoms with Crippen LogP contribution in [0.1, 0.15) is 46.5 Å². The highest BCUT2D eigenvalue weighted by atomic mass is 19.1. The first-order valence-electron chi connectivity index (χ1n) is 6.94. The zero-order chi connectivity index (χ0) is 14.2. The van der Waals surface area contributed by atoms with Gasteiger partial charge in [0.1, 0.15) is 5.60 Å². The summed E-state index contributed by atoms with van der Waals surface area (Å²) < 4.78 is 19.8. The van der Waals surface area contributed by atoms with Crippen molar-refractivity contribution in [3.05, 3.63) is 0 Å². The Morgan fingerprint density at radius 3 is 2.68 bits per heavy atom. The second kappa shape index (κ2) is 5.10. The van der Waals surface area contributed by atoms with Crippen molar-refractivity contribution in [2.45, 2.75) is 70.3 Å². The highest BCUT2D eigenvalue weighted by molar-refractivity contribution is 5.92. The summed E-state index contributed by atoms with van der Waals surface area (Å²) in [5.41, 5.74) is 0.0468. The Labute approximate surface area is 114 Å². The fourth-order valence-electron chi connectivity index (χ4n) is 2.99. The van der Waals surface area contributed by atoms with Crippen LogP contribution in [0.3, 0.4) is 0 Å². The summed E-state index contributed by atoms with van der Waals surface area (Å²) in [6.45, 7) is 5.49. The first-order valence-corrected chi connectivity index (χ1v) is 6.94. The van der Waals surface area contributed by atoms with E-state index in [1.807, 2.05) is 20.8 Å². The van der Waals surface area contributed by atoms with Crippen LogP contribution >= 0.6 is 0 Å². The van der Waals surface area contributed by atoms with E-state index in [1.54, 1.807) is 11.9 Å². The summed E-state index contributed by atoms with van der Waals surface area (Å²) in [6.07, 6.45) is 1.56. The normalized spacial score (nSPS) is 33.4. The van der Waals surface area contributed by atoms with Crippen molar-refractivity contribution in [1.82, 2.24) is 4.90 Å². The largest absolute Gasteiger partial charge is 0.444 e. The molecule has 2 saturated heterocycles. The number of piperidine rings is 2. The third-order valence-electron chi connectivity index (χ3n) is 3.78. The summed E-state index contributed by atoms with van der Waals surface area (Å²) >= 11 is 0. The summed E-state index contributed by atoms with van der Waals surface area (Å²) in [7, 11) is 1.63. The lowest BCUT2D eigenvalue weighted by atomic mass is 9.82. The highest BCUT2D eigenvalue weighted by Gasteiger charge is 2.46. The van der Waals surface area contributed by atoms with Gasteiger partial charge in [0.15, 0.2) is 6.17 Å². The Morgan fingerprint density at radius 2 is 2.11 bits per heavy atom. The van der Waals surface area contributed by atoms with E-state index < -0.39 is 17.8 Å². The van der Waals surface area contributed by atoms with Gasteiger partial charge in [0.05, 0.1) is 11.8 Å². The molecule has 0 spiro atoms. The van der Waals surface area contributed by atoms with Crippen molar-refractivity contribution in [2.75, 3.05) is 7.05 Å². The van der Waals surface area contributed by atoms with Gasteiger partial charge in [0.25, 0.3) is 0 Å². The molecule has 4 nitrogen and oxygen atoms in total. The van der Waals surface area contributed by atoms with Crippen LogP contribution in [0.4, 0.5) is 9.18 Å². The van der Waals surface area contributed by atoms with Gasteiger partial charge in [-0.25, -0.2) is 9.18 Å². The number of halogens is 1. The van der Waals surface area contributed by atoms with Crippen molar-refractivity contribution in [3.8, 4) is 0 Å². The minimum Gasteiger partial charge on any atom is -0.444 e. The third-order valence-corrected chi connectivity index (χ3v) is 3.78. The molecule has 2 aliphatic heterocycles. The fourth-order valence-corrected chi connectivity index (χ4v) is 2.99. The quantitative estimate of drug-likeness (QED) is 0.679. The number of nitrogens with zero attached hydrogens (tertiary/aromatic N) is 2. The molecule has 1 amide bonds. The molecule has 0 aromatic heterocycles. The SMILES string of the molecule is CN=C1C[C@H]2CCC[C@@H]([C@@H]1F)N2C(=O)OC(C)(C)C. The summed E-state index contributed by atoms with van der Waals surface area (Å²) in [6, 6.07) is -0.361. The molecule has 19 heavy (non-hydrogen) atoms. The molecule has 0 unspecified atom stereocenters. The third kappa shape index (κ3) is 2.90. The molecule has 0 aromatic rings. The van der Waals surface area contributed by atoms with Gasteiger partial charge in [-0.2, -0.15) is 0 Å². The van der Waals surface area contributed by atoms with Crippen molar-refractivity contribution < 1.29 is 13.9 Å². The number of rotatable bonds is 0. The second-order valence-corrected chi connectivity index (χ2v) is 6.36. The molecule has 0 N–H and O–H groups in total. The molecule has 2 bridgehead atoms. The lowest BCUT2D eigenvalue weighted by Gasteiger charge is -2.47. The van der Waals surface area contributed by atoms with Gasteiger partial charge in [-0.3, -0.25) is 9.89 Å². The van der Waals surface area contributed by atoms with E-state index in [0.717, 1.165) is 12.8 Å². The second-order valence-electron chi connectivity index (χ2n) is 6.36. The first-order chi connectivity index (χ1) is 8.83. The number of ether oxygens (including phenoxy) is 1. The van der Waals surface area contributed by atoms with E-state index in [1.165, 1.54) is 0 Å². The predicted octanol–water partition coefficient (Wildman–Crippen LogP) is 2.96. The number of hydrogen-bond acceptors (Lipinski definition) is 3. The van der Waals surface area contributed by atoms with E-state index in [4.69, 9.17) is 4.74 Å². The van der Waals surface area contributed by atoms with Gasteiger partial charge in [-0.1, -0.05) is 0 Å². The summed E-state index contributed by atoms with van der Waals surface area (Å²) in [5.74, 6) is 0. The Hall–Kier alpha value is -1.13. The molecular formula is C14H23FN2O2. The van der Waals surface area contributed by atoms with Gasteiger partial charge < -0.3 is 4.74 Å². The van der Waals surface area contributed by atoms with Crippen molar-refractivity contribution in [2.24, 2.45) is 4.99 Å². The Morgan fingerprint density at radius 1 is 1.42 bits per heavy atom. The molecule has 3 atom stereocenters. The molecule has 2 fully saturated rings. The van der Waals surface area contributed by atoms with Gasteiger partial charge in [-0.15, -0.1) is 0 Å². The molecule has 0 aliphatic carbocycles. The van der Waals surface area contributed by atoms with Gasteiger partial charge in [0.2, 0.25) is 0 Å². The van der Waals surface area contributed by atoms with E-state index in [9.17, 15) is 9.18 Å². The zero-order valence-electron chi connectivity index (χ0n) is 12.1. The lowest BCUT2D eigenvalue weighted by Crippen LogP contribution is -2.61. The van der Waals surface area contributed by atoms with Crippen LogP contribution in [0.15, 0.2) is 4.99 Å². The van der Waals surface area contributed by atoms with Gasteiger partial charge >= 0.3 is 6.09 Å². The first kappa shape index (κ1) is 14.3. The topological polar surface area (TPSA) is 41.9 Å². The van der Waals surface area contributed by atoms with Crippen LogP contribution in [0.5, 0.6) is 0 Å². The van der Waals surface area contributed by atoms with E-state index in [-0.39, 0.29) is 12.1 Å². The minimum absolute atomic E-state index is 0.0410. The number of aliphatic imine (C=N–C) groups is 1. The molecule has 108 valence electrons. The molecule has 0 radical (unpaired) electrons. The molecule has 2 rings (SSSR count). The fraction of sp³-hybridized carbons (Fsp3) is 0.857. The average Bonchev–Trinajstić information content (AvgIpc) is 2.31. The van der Waals surface area contributed by atoms with Crippen molar-refractivity contribution in [1.29, 1.82) is 0 Å². The average molecular weight is 270 g/mol. The van der Waals surface area contributed by atoms with Crippen LogP contribution < -0.4 is 0 Å². The van der Waals surface area contributed by atoms with Crippen molar-refractivity contribution in [3.63, 3.8) is 0 Å². The highest BCUT2D eigenvalue weighted by Crippen LogP contribution is 2.35. The maximum Gasteiger partial charge on any atom is 0.410 e. The predicted molar refractivity (Wildman–Crippen MR) is 72.4 cm³/mol. The van der Waals surface area contributed by atoms with Gasteiger partial charge in [-0.05, 0) is 40.0 Å². The molecule has 2 aliphatic rings. The van der Waals surface area contributed by atoms with Crippen LogP contribution in [0, 0.1) is 0 Å². The summed E-state index contributed by atoms with van der Waals surface area (Å²) in [4.78, 5) is 17.9. The maximum atomic E-state index is 14.4. The standard InChI is InChI=1S/C14H23FN2O2/c1-14(2,3)19-13(18)17-9-6-5-7-11(17)12(15)10(8-9)16-4/h9,11-12H,5-8H2,1-4H3/t9-,11+,12-/m1/s1. The molecule has 5 heteroatoms. The number of amides is 1. The van der Waals surface area contributed by atoms with Crippen LogP contribution in [-0.4, -0.2) is 47.6 Å². The molecule has 0 saturated carbocycles. The van der Waals surface area contributed by atoms with Crippen LogP contribution in [0.2, 0.25) is 0 Å². The molecular weight excluding hydrogens is 247 g/mol. The van der Waals surface area contributed by atoms with E-state index >= 15 is 0 Å². The number of carbonyl (C=O) groups excluding carboxylic acids is 1. The van der Waals surface area contributed by atoms with E-state index in [2.05, 4.69) is 4.99 Å². The Kier molecular flexibility index (Phi) is 3.83. The molecule has 2 heterocycles. The molecule has 0 aromatic carbocycles. The lowest BCUT2D eigenvalue weighted by molar-refractivity contribution is -0.0188. The number of carbonyl (C=O) groups is 1. The monoisotopic (exact) mass is 270 g/mol. The van der Waals surface area contributed by atoms with Crippen LogP contribution in [0.25, 0.3) is 0 Å². The Balaban J connectivity index is 2.19. The van der Waals surface area contributed by atoms with E-state index in [0.29, 0.717) is 18.6 Å². The number of fused-ring (bicyclic) bond motifs is 2. The van der Waals surface area contributed by atoms with Crippen molar-refractivity contribution >= 4 is 11.8 Å². The smallest absolute Gasteiger partial charge is 0.410 e. The van der Waals surface area contributed by atoms with Crippen LogP contribution in [-0.2, 0) is 4.74 Å². The maximum absolute atomic E-state index is 14.4. The minimum atomic E-state index is -1.14. The van der Waals surface area contributed by atoms with Gasteiger partial charge in [0, 0.05) is 19.5 Å². The number of alkyl halides is 1.